The zero-order valence-electron chi connectivity index (χ0n) is 17.6. The van der Waals surface area contributed by atoms with Crippen molar-refractivity contribution in [1.29, 1.82) is 0 Å². The highest BCUT2D eigenvalue weighted by atomic mass is 16.5. The molecule has 1 aromatic heterocycles. The minimum absolute atomic E-state index is 0.300. The smallest absolute Gasteiger partial charge is 0.338 e. The maximum Gasteiger partial charge on any atom is 0.338 e. The molecule has 0 aliphatic carbocycles. The first-order valence-corrected chi connectivity index (χ1v) is 10.5. The third-order valence-corrected chi connectivity index (χ3v) is 5.29. The Morgan fingerprint density at radius 3 is 2.25 bits per heavy atom. The largest absolute Gasteiger partial charge is 0.462 e. The Morgan fingerprint density at radius 1 is 0.844 bits per heavy atom. The van der Waals surface area contributed by atoms with Gasteiger partial charge in [-0.1, -0.05) is 66.7 Å². The van der Waals surface area contributed by atoms with Crippen molar-refractivity contribution in [1.82, 2.24) is 15.0 Å². The zero-order valence-corrected chi connectivity index (χ0v) is 17.6. The number of benzene rings is 4. The molecule has 5 rings (SSSR count). The number of esters is 1. The molecule has 0 bridgehead atoms. The normalized spacial score (nSPS) is 11.4. The van der Waals surface area contributed by atoms with Crippen LogP contribution in [-0.4, -0.2) is 27.6 Å². The summed E-state index contributed by atoms with van der Waals surface area (Å²) in [4.78, 5) is 13.4. The third kappa shape index (κ3) is 3.88. The van der Waals surface area contributed by atoms with E-state index >= 15 is 0 Å². The average Bonchev–Trinajstić information content (AvgIpc) is 3.29. The monoisotopic (exact) mass is 419 g/mol. The van der Waals surface area contributed by atoms with Crippen molar-refractivity contribution in [3.8, 4) is 5.69 Å². The van der Waals surface area contributed by atoms with E-state index in [4.69, 9.17) is 9.84 Å². The molecule has 5 nitrogen and oxygen atoms in total. The van der Waals surface area contributed by atoms with Crippen LogP contribution in [0.1, 0.15) is 28.4 Å². The maximum atomic E-state index is 11.8. The van der Waals surface area contributed by atoms with Gasteiger partial charge < -0.3 is 4.74 Å². The minimum Gasteiger partial charge on any atom is -0.462 e. The molecule has 0 saturated carbocycles. The molecule has 5 aromatic rings. The number of carbonyl (C=O) groups excluding carboxylic acids is 1. The van der Waals surface area contributed by atoms with E-state index in [1.165, 1.54) is 0 Å². The van der Waals surface area contributed by atoms with Gasteiger partial charge >= 0.3 is 5.97 Å². The summed E-state index contributed by atoms with van der Waals surface area (Å²) in [6, 6.07) is 27.7. The Hall–Kier alpha value is -4.25. The summed E-state index contributed by atoms with van der Waals surface area (Å²) < 4.78 is 5.02. The molecule has 5 heteroatoms. The summed E-state index contributed by atoms with van der Waals surface area (Å²) in [6.45, 7) is 2.17. The maximum absolute atomic E-state index is 11.8. The van der Waals surface area contributed by atoms with Crippen LogP contribution in [0.15, 0.2) is 84.9 Å². The zero-order chi connectivity index (χ0) is 21.9. The van der Waals surface area contributed by atoms with Crippen LogP contribution in [0.3, 0.4) is 0 Å². The summed E-state index contributed by atoms with van der Waals surface area (Å²) >= 11 is 0. The molecule has 0 amide bonds. The lowest BCUT2D eigenvalue weighted by molar-refractivity contribution is 0.0526. The van der Waals surface area contributed by atoms with Crippen molar-refractivity contribution >= 4 is 39.9 Å². The van der Waals surface area contributed by atoms with Gasteiger partial charge in [-0.05, 0) is 53.8 Å². The highest BCUT2D eigenvalue weighted by molar-refractivity contribution is 6.03. The molecular weight excluding hydrogens is 398 g/mol. The second-order valence-corrected chi connectivity index (χ2v) is 7.41. The van der Waals surface area contributed by atoms with Crippen molar-refractivity contribution in [3.05, 3.63) is 102 Å². The number of aromatic nitrogens is 3. The molecule has 0 unspecified atom stereocenters. The van der Waals surface area contributed by atoms with Crippen molar-refractivity contribution in [2.75, 3.05) is 6.61 Å². The number of ether oxygens (including phenoxy) is 1. The van der Waals surface area contributed by atoms with E-state index < -0.39 is 0 Å². The standard InChI is InChI=1S/C27H21N3O2/c1-2-32-27(31)22-13-9-19(10-14-22)7-8-20-11-16-23(17-12-20)30-28-25-18-15-21-5-3-4-6-24(21)26(25)29-30/h3-18H,2H2,1H3/b8-7+. The van der Waals surface area contributed by atoms with Crippen molar-refractivity contribution in [3.63, 3.8) is 0 Å². The van der Waals surface area contributed by atoms with Gasteiger partial charge in [0, 0.05) is 5.39 Å². The highest BCUT2D eigenvalue weighted by Gasteiger charge is 2.08. The van der Waals surface area contributed by atoms with Gasteiger partial charge in [-0.25, -0.2) is 4.79 Å². The Kier molecular flexibility index (Phi) is 5.22. The molecule has 0 aliphatic heterocycles. The number of rotatable bonds is 5. The van der Waals surface area contributed by atoms with Crippen molar-refractivity contribution in [2.45, 2.75) is 6.92 Å². The first kappa shape index (κ1) is 19.7. The quantitative estimate of drug-likeness (QED) is 0.262. The van der Waals surface area contributed by atoms with Crippen LogP contribution < -0.4 is 0 Å². The second kappa shape index (κ2) is 8.47. The van der Waals surface area contributed by atoms with Crippen molar-refractivity contribution < 1.29 is 9.53 Å². The number of fused-ring (bicyclic) bond motifs is 3. The molecule has 0 N–H and O–H groups in total. The van der Waals surface area contributed by atoms with Crippen LogP contribution in [0.25, 0.3) is 39.6 Å². The van der Waals surface area contributed by atoms with E-state index in [0.29, 0.717) is 12.2 Å². The van der Waals surface area contributed by atoms with Gasteiger partial charge in [0.1, 0.15) is 11.0 Å². The molecule has 0 atom stereocenters. The lowest BCUT2D eigenvalue weighted by Crippen LogP contribution is -2.03. The van der Waals surface area contributed by atoms with Crippen LogP contribution in [0.4, 0.5) is 0 Å². The molecule has 0 spiro atoms. The van der Waals surface area contributed by atoms with Crippen molar-refractivity contribution in [2.24, 2.45) is 0 Å². The summed E-state index contributed by atoms with van der Waals surface area (Å²) in [6.07, 6.45) is 4.04. The second-order valence-electron chi connectivity index (χ2n) is 7.41. The van der Waals surface area contributed by atoms with E-state index in [9.17, 15) is 4.79 Å². The summed E-state index contributed by atoms with van der Waals surface area (Å²) in [5.74, 6) is -0.300. The van der Waals surface area contributed by atoms with Gasteiger partial charge in [-0.15, -0.1) is 10.2 Å². The summed E-state index contributed by atoms with van der Waals surface area (Å²) in [7, 11) is 0. The summed E-state index contributed by atoms with van der Waals surface area (Å²) in [5.41, 5.74) is 5.30. The predicted octanol–water partition coefficient (Wildman–Crippen LogP) is 5.92. The van der Waals surface area contributed by atoms with Crippen LogP contribution in [-0.2, 0) is 4.74 Å². The lowest BCUT2D eigenvalue weighted by atomic mass is 10.1. The first-order chi connectivity index (χ1) is 15.7. The van der Waals surface area contributed by atoms with Gasteiger partial charge in [0.05, 0.1) is 17.9 Å². The number of carbonyl (C=O) groups is 1. The fraction of sp³-hybridized carbons (Fsp3) is 0.0741. The molecule has 32 heavy (non-hydrogen) atoms. The first-order valence-electron chi connectivity index (χ1n) is 10.5. The molecule has 1 heterocycles. The van der Waals surface area contributed by atoms with Gasteiger partial charge in [0.2, 0.25) is 0 Å². The van der Waals surface area contributed by atoms with Gasteiger partial charge in [0.25, 0.3) is 0 Å². The van der Waals surface area contributed by atoms with E-state index in [1.807, 2.05) is 66.7 Å². The topological polar surface area (TPSA) is 57.0 Å². The van der Waals surface area contributed by atoms with E-state index in [-0.39, 0.29) is 5.97 Å². The Labute approximate surface area is 185 Å². The molecule has 156 valence electrons. The van der Waals surface area contributed by atoms with Gasteiger partial charge in [0.15, 0.2) is 0 Å². The fourth-order valence-corrected chi connectivity index (χ4v) is 3.62. The van der Waals surface area contributed by atoms with Crippen LogP contribution in [0, 0.1) is 0 Å². The molecule has 0 aliphatic rings. The number of hydrogen-bond acceptors (Lipinski definition) is 4. The average molecular weight is 419 g/mol. The SMILES string of the molecule is CCOC(=O)c1ccc(/C=C/c2ccc(-n3nc4ccc5ccccc5c4n3)cc2)cc1. The molecule has 0 radical (unpaired) electrons. The fourth-order valence-electron chi connectivity index (χ4n) is 3.62. The van der Waals surface area contributed by atoms with Gasteiger partial charge in [-0.3, -0.25) is 0 Å². The Balaban J connectivity index is 1.35. The number of hydrogen-bond donors (Lipinski definition) is 0. The minimum atomic E-state index is -0.300. The van der Waals surface area contributed by atoms with E-state index in [0.717, 1.165) is 38.6 Å². The van der Waals surface area contributed by atoms with E-state index in [1.54, 1.807) is 23.9 Å². The molecule has 0 saturated heterocycles. The molecular formula is C27H21N3O2. The highest BCUT2D eigenvalue weighted by Crippen LogP contribution is 2.23. The lowest BCUT2D eigenvalue weighted by Gasteiger charge is -2.02. The Bertz CT molecular complexity index is 1430. The Morgan fingerprint density at radius 2 is 1.53 bits per heavy atom. The van der Waals surface area contributed by atoms with Gasteiger partial charge in [-0.2, -0.15) is 4.80 Å². The molecule has 0 fully saturated rings. The van der Waals surface area contributed by atoms with Crippen LogP contribution >= 0.6 is 0 Å². The number of nitrogens with zero attached hydrogens (tertiary/aromatic N) is 3. The summed E-state index contributed by atoms with van der Waals surface area (Å²) in [5, 5.41) is 11.6. The van der Waals surface area contributed by atoms with Crippen LogP contribution in [0.2, 0.25) is 0 Å². The third-order valence-electron chi connectivity index (χ3n) is 5.29. The van der Waals surface area contributed by atoms with Crippen LogP contribution in [0.5, 0.6) is 0 Å². The van der Waals surface area contributed by atoms with E-state index in [2.05, 4.69) is 23.3 Å². The molecule has 4 aromatic carbocycles. The predicted molar refractivity (Wildman–Crippen MR) is 128 cm³/mol.